The fourth-order valence-corrected chi connectivity index (χ4v) is 2.07. The summed E-state index contributed by atoms with van der Waals surface area (Å²) in [5.74, 6) is -0.0615. The van der Waals surface area contributed by atoms with E-state index in [2.05, 4.69) is 15.9 Å². The van der Waals surface area contributed by atoms with E-state index in [0.29, 0.717) is 21.6 Å². The summed E-state index contributed by atoms with van der Waals surface area (Å²) in [6, 6.07) is 6.96. The molecule has 94 valence electrons. The van der Waals surface area contributed by atoms with Gasteiger partial charge in [-0.3, -0.25) is 4.79 Å². The molecule has 0 aliphatic rings. The van der Waals surface area contributed by atoms with Crippen LogP contribution in [0.15, 0.2) is 45.7 Å². The van der Waals surface area contributed by atoms with Gasteiger partial charge in [0.15, 0.2) is 0 Å². The fraction of sp³-hybridized carbons (Fsp3) is 0.154. The first-order chi connectivity index (χ1) is 8.58. The van der Waals surface area contributed by atoms with Gasteiger partial charge in [-0.2, -0.15) is 0 Å². The van der Waals surface area contributed by atoms with E-state index in [4.69, 9.17) is 16.0 Å². The largest absolute Gasteiger partial charge is 0.472 e. The molecular formula is C13H11BrClNO2. The number of halogens is 2. The van der Waals surface area contributed by atoms with Crippen LogP contribution in [-0.2, 0) is 6.54 Å². The van der Waals surface area contributed by atoms with Crippen LogP contribution >= 0.6 is 27.5 Å². The summed E-state index contributed by atoms with van der Waals surface area (Å²) in [6.45, 7) is 0.510. The van der Waals surface area contributed by atoms with Crippen molar-refractivity contribution < 1.29 is 9.21 Å². The minimum Gasteiger partial charge on any atom is -0.472 e. The minimum absolute atomic E-state index is 0.0615. The second-order valence-corrected chi connectivity index (χ2v) is 5.18. The molecule has 0 radical (unpaired) electrons. The van der Waals surface area contributed by atoms with Crippen molar-refractivity contribution in [3.63, 3.8) is 0 Å². The Morgan fingerprint density at radius 1 is 1.44 bits per heavy atom. The molecule has 0 aliphatic heterocycles. The van der Waals surface area contributed by atoms with E-state index in [0.717, 1.165) is 5.56 Å². The molecule has 1 aromatic carbocycles. The molecule has 0 atom stereocenters. The Morgan fingerprint density at radius 2 is 2.22 bits per heavy atom. The quantitative estimate of drug-likeness (QED) is 0.854. The topological polar surface area (TPSA) is 33.5 Å². The van der Waals surface area contributed by atoms with Crippen LogP contribution in [0.5, 0.6) is 0 Å². The Morgan fingerprint density at radius 3 is 2.83 bits per heavy atom. The first-order valence-corrected chi connectivity index (χ1v) is 6.46. The molecule has 0 unspecified atom stereocenters. The minimum atomic E-state index is -0.0615. The SMILES string of the molecule is CN(Cc1ccoc1)C(=O)c1ccc(Cl)c(Br)c1. The normalized spacial score (nSPS) is 10.4. The van der Waals surface area contributed by atoms with E-state index >= 15 is 0 Å². The number of benzene rings is 1. The molecule has 0 spiro atoms. The van der Waals surface area contributed by atoms with E-state index in [9.17, 15) is 4.79 Å². The van der Waals surface area contributed by atoms with Crippen molar-refractivity contribution in [2.75, 3.05) is 7.05 Å². The zero-order valence-electron chi connectivity index (χ0n) is 9.69. The third-order valence-electron chi connectivity index (χ3n) is 2.51. The second-order valence-electron chi connectivity index (χ2n) is 3.92. The van der Waals surface area contributed by atoms with Crippen LogP contribution in [-0.4, -0.2) is 17.9 Å². The molecule has 3 nitrogen and oxygen atoms in total. The molecule has 18 heavy (non-hydrogen) atoms. The van der Waals surface area contributed by atoms with Crippen LogP contribution in [0.2, 0.25) is 5.02 Å². The number of hydrogen-bond donors (Lipinski definition) is 0. The molecule has 2 rings (SSSR count). The number of carbonyl (C=O) groups excluding carboxylic acids is 1. The molecule has 2 aromatic rings. The van der Waals surface area contributed by atoms with Crippen molar-refractivity contribution in [3.05, 3.63) is 57.4 Å². The number of furan rings is 1. The molecule has 0 saturated heterocycles. The molecule has 0 N–H and O–H groups in total. The van der Waals surface area contributed by atoms with Gasteiger partial charge in [0.1, 0.15) is 0 Å². The van der Waals surface area contributed by atoms with Crippen molar-refractivity contribution in [3.8, 4) is 0 Å². The molecule has 1 aromatic heterocycles. The van der Waals surface area contributed by atoms with Gasteiger partial charge in [0.2, 0.25) is 0 Å². The third kappa shape index (κ3) is 2.94. The lowest BCUT2D eigenvalue weighted by molar-refractivity contribution is 0.0785. The molecular weight excluding hydrogens is 318 g/mol. The number of nitrogens with zero attached hydrogens (tertiary/aromatic N) is 1. The first-order valence-electron chi connectivity index (χ1n) is 5.29. The van der Waals surface area contributed by atoms with Gasteiger partial charge in [-0.15, -0.1) is 0 Å². The van der Waals surface area contributed by atoms with Gasteiger partial charge in [-0.25, -0.2) is 0 Å². The Labute approximate surface area is 118 Å². The van der Waals surface area contributed by atoms with Crippen LogP contribution in [0, 0.1) is 0 Å². The van der Waals surface area contributed by atoms with Gasteiger partial charge in [0.25, 0.3) is 5.91 Å². The average Bonchev–Trinajstić information content (AvgIpc) is 2.84. The van der Waals surface area contributed by atoms with E-state index in [1.807, 2.05) is 6.07 Å². The summed E-state index contributed by atoms with van der Waals surface area (Å²) in [5, 5.41) is 0.587. The average molecular weight is 329 g/mol. The maximum atomic E-state index is 12.2. The molecule has 0 bridgehead atoms. The number of rotatable bonds is 3. The van der Waals surface area contributed by atoms with Crippen LogP contribution in [0.1, 0.15) is 15.9 Å². The van der Waals surface area contributed by atoms with Crippen molar-refractivity contribution in [1.29, 1.82) is 0 Å². The monoisotopic (exact) mass is 327 g/mol. The highest BCUT2D eigenvalue weighted by Gasteiger charge is 2.13. The summed E-state index contributed by atoms with van der Waals surface area (Å²) >= 11 is 9.20. The molecule has 0 fully saturated rings. The van der Waals surface area contributed by atoms with E-state index in [1.54, 1.807) is 42.7 Å². The summed E-state index contributed by atoms with van der Waals surface area (Å²) in [7, 11) is 1.75. The van der Waals surface area contributed by atoms with Gasteiger partial charge in [-0.1, -0.05) is 11.6 Å². The van der Waals surface area contributed by atoms with Gasteiger partial charge in [0, 0.05) is 29.2 Å². The zero-order valence-corrected chi connectivity index (χ0v) is 12.0. The predicted octanol–water partition coefficient (Wildman–Crippen LogP) is 3.97. The lowest BCUT2D eigenvalue weighted by atomic mass is 10.2. The van der Waals surface area contributed by atoms with Gasteiger partial charge in [-0.05, 0) is 40.2 Å². The standard InChI is InChI=1S/C13H11BrClNO2/c1-16(7-9-4-5-18-8-9)13(17)10-2-3-12(15)11(14)6-10/h2-6,8H,7H2,1H3. The Kier molecular flexibility index (Phi) is 4.09. The summed E-state index contributed by atoms with van der Waals surface area (Å²) in [6.07, 6.45) is 3.22. The molecule has 1 amide bonds. The summed E-state index contributed by atoms with van der Waals surface area (Å²) in [5.41, 5.74) is 1.55. The van der Waals surface area contributed by atoms with Crippen molar-refractivity contribution in [1.82, 2.24) is 4.90 Å². The van der Waals surface area contributed by atoms with Gasteiger partial charge >= 0.3 is 0 Å². The predicted molar refractivity (Wildman–Crippen MR) is 73.7 cm³/mol. The molecule has 1 heterocycles. The van der Waals surface area contributed by atoms with Gasteiger partial charge < -0.3 is 9.32 Å². The highest BCUT2D eigenvalue weighted by molar-refractivity contribution is 9.10. The zero-order chi connectivity index (χ0) is 13.1. The number of carbonyl (C=O) groups is 1. The maximum absolute atomic E-state index is 12.2. The second kappa shape index (κ2) is 5.59. The first kappa shape index (κ1) is 13.2. The summed E-state index contributed by atoms with van der Waals surface area (Å²) in [4.78, 5) is 13.8. The molecule has 0 saturated carbocycles. The van der Waals surface area contributed by atoms with Gasteiger partial charge in [0.05, 0.1) is 17.5 Å². The van der Waals surface area contributed by atoms with E-state index in [-0.39, 0.29) is 5.91 Å². The number of amides is 1. The van der Waals surface area contributed by atoms with Crippen LogP contribution in [0.4, 0.5) is 0 Å². The molecule has 0 aliphatic carbocycles. The van der Waals surface area contributed by atoms with Crippen molar-refractivity contribution in [2.45, 2.75) is 6.54 Å². The van der Waals surface area contributed by atoms with Crippen molar-refractivity contribution >= 4 is 33.4 Å². The maximum Gasteiger partial charge on any atom is 0.253 e. The Bertz CT molecular complexity index is 554. The third-order valence-corrected chi connectivity index (χ3v) is 3.73. The highest BCUT2D eigenvalue weighted by Crippen LogP contribution is 2.23. The van der Waals surface area contributed by atoms with Crippen LogP contribution in [0.3, 0.4) is 0 Å². The van der Waals surface area contributed by atoms with E-state index in [1.165, 1.54) is 0 Å². The number of hydrogen-bond acceptors (Lipinski definition) is 2. The Hall–Kier alpha value is -1.26. The molecule has 5 heteroatoms. The lowest BCUT2D eigenvalue weighted by Gasteiger charge is -2.16. The van der Waals surface area contributed by atoms with Crippen molar-refractivity contribution in [2.24, 2.45) is 0 Å². The lowest BCUT2D eigenvalue weighted by Crippen LogP contribution is -2.25. The van der Waals surface area contributed by atoms with Crippen LogP contribution < -0.4 is 0 Å². The highest BCUT2D eigenvalue weighted by atomic mass is 79.9. The summed E-state index contributed by atoms with van der Waals surface area (Å²) < 4.78 is 5.69. The smallest absolute Gasteiger partial charge is 0.253 e. The fourth-order valence-electron chi connectivity index (χ4n) is 1.58. The van der Waals surface area contributed by atoms with E-state index < -0.39 is 0 Å². The Balaban J connectivity index is 2.12. The van der Waals surface area contributed by atoms with Crippen LogP contribution in [0.25, 0.3) is 0 Å².